The lowest BCUT2D eigenvalue weighted by atomic mass is 9.77. The van der Waals surface area contributed by atoms with E-state index < -0.39 is 83.8 Å². The molecule has 3 spiro atoms. The fraction of sp³-hybridized carbons (Fsp3) is 0.149. The summed E-state index contributed by atoms with van der Waals surface area (Å²) in [7, 11) is -17.4. The molecule has 21 nitrogen and oxygen atoms in total. The van der Waals surface area contributed by atoms with Gasteiger partial charge in [0.15, 0.2) is 16.8 Å². The predicted octanol–water partition coefficient (Wildman–Crippen LogP) is 12.7. The van der Waals surface area contributed by atoms with Crippen molar-refractivity contribution < 1.29 is 100 Å². The normalized spacial score (nSPS) is 15.7. The first kappa shape index (κ1) is 63.5. The Labute approximate surface area is 525 Å². The van der Waals surface area contributed by atoms with Gasteiger partial charge in [-0.3, -0.25) is 18.3 Å². The number of aryl methyl sites for hydroxylation is 2. The van der Waals surface area contributed by atoms with Gasteiger partial charge in [-0.1, -0.05) is 135 Å². The van der Waals surface area contributed by atoms with Crippen LogP contribution in [-0.2, 0) is 73.9 Å². The van der Waals surface area contributed by atoms with Gasteiger partial charge in [0.05, 0.1) is 41.3 Å². The zero-order chi connectivity index (χ0) is 64.4. The van der Waals surface area contributed by atoms with E-state index in [0.29, 0.717) is 72.3 Å². The number of hydrogen-bond acceptors (Lipinski definition) is 13. The third kappa shape index (κ3) is 11.3. The van der Waals surface area contributed by atoms with Crippen molar-refractivity contribution in [3.8, 4) is 34.5 Å². The largest absolute Gasteiger partial charge is 0.456 e. The molecular formula is C67H56O21P4. The quantitative estimate of drug-likeness (QED) is 0.0398. The van der Waals surface area contributed by atoms with Crippen LogP contribution >= 0.6 is 30.4 Å². The zero-order valence-electron chi connectivity index (χ0n) is 47.8. The Morgan fingerprint density at radius 2 is 0.522 bits per heavy atom. The van der Waals surface area contributed by atoms with E-state index in [1.165, 1.54) is 24.3 Å². The van der Waals surface area contributed by atoms with Crippen molar-refractivity contribution in [2.24, 2.45) is 0 Å². The van der Waals surface area contributed by atoms with Crippen LogP contribution in [0.5, 0.6) is 34.5 Å². The molecule has 8 N–H and O–H groups in total. The summed E-state index contributed by atoms with van der Waals surface area (Å²) in [5, 5.41) is 0. The molecule has 0 saturated carbocycles. The van der Waals surface area contributed by atoms with Gasteiger partial charge in [-0.05, 0) is 102 Å². The summed E-state index contributed by atoms with van der Waals surface area (Å²) in [6.45, 7) is 4.05. The predicted molar refractivity (Wildman–Crippen MR) is 333 cm³/mol. The van der Waals surface area contributed by atoms with Crippen molar-refractivity contribution in [1.82, 2.24) is 0 Å². The number of esters is 3. The van der Waals surface area contributed by atoms with Crippen molar-refractivity contribution >= 4 is 48.3 Å². The Bertz CT molecular complexity index is 4390. The molecule has 470 valence electrons. The molecule has 0 saturated heterocycles. The minimum atomic E-state index is -4.35. The molecule has 0 fully saturated rings. The second-order valence-corrected chi connectivity index (χ2v) is 29.3. The van der Waals surface area contributed by atoms with Crippen LogP contribution in [0.15, 0.2) is 182 Å². The van der Waals surface area contributed by atoms with Crippen molar-refractivity contribution in [2.75, 3.05) is 0 Å². The summed E-state index contributed by atoms with van der Waals surface area (Å²) >= 11 is 0. The number of carbonyl (C=O) groups is 3. The van der Waals surface area contributed by atoms with E-state index in [4.69, 9.17) is 28.4 Å². The summed E-state index contributed by atoms with van der Waals surface area (Å²) in [5.74, 6) is 1.02. The van der Waals surface area contributed by atoms with Crippen molar-refractivity contribution in [3.05, 3.63) is 282 Å². The summed E-state index contributed by atoms with van der Waals surface area (Å²) in [6, 6.07) is 52.0. The van der Waals surface area contributed by atoms with Crippen LogP contribution in [0.1, 0.15) is 122 Å². The fourth-order valence-corrected chi connectivity index (χ4v) is 15.5. The number of rotatable bonds is 8. The van der Waals surface area contributed by atoms with Crippen LogP contribution in [0.2, 0.25) is 0 Å². The number of benzene rings is 9. The highest BCUT2D eigenvalue weighted by atomic mass is 31.2. The molecule has 9 aromatic rings. The molecule has 0 aromatic heterocycles. The van der Waals surface area contributed by atoms with Gasteiger partial charge >= 0.3 is 48.3 Å². The van der Waals surface area contributed by atoms with E-state index >= 15 is 0 Å². The SMILES string of the molecule is C.Cc1ccc2c(c1)Oc1cc(C)ccc1C21OC(=O)c2ccccc21.O=C1OC2(c3ccc(CP(=O)(O)O)cc3Oc3cc(CP(=O)(O)O)ccc32)c2ccccc21.O=C1OC2(c3ccc(CP(=O)(O)O)cc3Oc3cc(CP(=O)(O)O)ccc32)c2ccccc21. The average molecular weight is 1320 g/mol. The number of hydrogen-bond donors (Lipinski definition) is 8. The lowest BCUT2D eigenvalue weighted by Gasteiger charge is -2.37. The molecule has 92 heavy (non-hydrogen) atoms. The second-order valence-electron chi connectivity index (χ2n) is 22.8. The highest BCUT2D eigenvalue weighted by Crippen LogP contribution is 2.61. The molecule has 0 aliphatic carbocycles. The molecule has 0 amide bonds. The summed E-state index contributed by atoms with van der Waals surface area (Å²) < 4.78 is 82.3. The molecule has 0 bridgehead atoms. The van der Waals surface area contributed by atoms with E-state index in [-0.39, 0.29) is 36.4 Å². The van der Waals surface area contributed by atoms with Gasteiger partial charge in [0.2, 0.25) is 0 Å². The zero-order valence-corrected chi connectivity index (χ0v) is 51.4. The van der Waals surface area contributed by atoms with E-state index in [9.17, 15) is 71.8 Å². The van der Waals surface area contributed by atoms with E-state index in [0.717, 1.165) is 39.3 Å². The van der Waals surface area contributed by atoms with E-state index in [2.05, 4.69) is 0 Å². The van der Waals surface area contributed by atoms with Gasteiger partial charge in [-0.2, -0.15) is 0 Å². The van der Waals surface area contributed by atoms with Crippen LogP contribution in [0, 0.1) is 13.8 Å². The second kappa shape index (κ2) is 22.9. The Hall–Kier alpha value is -8.61. The van der Waals surface area contributed by atoms with Crippen molar-refractivity contribution in [2.45, 2.75) is 62.7 Å². The Morgan fingerprint density at radius 1 is 0.304 bits per heavy atom. The first-order valence-corrected chi connectivity index (χ1v) is 35.2. The third-order valence-corrected chi connectivity index (χ3v) is 19.4. The van der Waals surface area contributed by atoms with Crippen LogP contribution < -0.4 is 14.2 Å². The molecule has 0 atom stereocenters. The van der Waals surface area contributed by atoms with Crippen molar-refractivity contribution in [1.29, 1.82) is 0 Å². The molecular weight excluding hydrogens is 1260 g/mol. The Kier molecular flexibility index (Phi) is 15.8. The summed E-state index contributed by atoms with van der Waals surface area (Å²) in [6.07, 6.45) is -2.01. The lowest BCUT2D eigenvalue weighted by Crippen LogP contribution is -2.33. The highest BCUT2D eigenvalue weighted by Gasteiger charge is 2.56. The van der Waals surface area contributed by atoms with Gasteiger partial charge in [-0.15, -0.1) is 0 Å². The van der Waals surface area contributed by atoms with Gasteiger partial charge in [-0.25, -0.2) is 14.4 Å². The average Bonchev–Trinajstić information content (AvgIpc) is 1.54. The molecule has 15 rings (SSSR count). The first-order chi connectivity index (χ1) is 43.0. The maximum absolute atomic E-state index is 12.8. The maximum atomic E-state index is 12.8. The molecule has 0 radical (unpaired) electrons. The van der Waals surface area contributed by atoms with Crippen molar-refractivity contribution in [3.63, 3.8) is 0 Å². The van der Waals surface area contributed by atoms with Crippen LogP contribution in [0.3, 0.4) is 0 Å². The number of carbonyl (C=O) groups excluding carboxylic acids is 3. The maximum Gasteiger partial charge on any atom is 0.340 e. The minimum Gasteiger partial charge on any atom is -0.456 e. The summed E-state index contributed by atoms with van der Waals surface area (Å²) in [4.78, 5) is 113. The molecule has 25 heteroatoms. The van der Waals surface area contributed by atoms with E-state index in [1.54, 1.807) is 97.1 Å². The number of fused-ring (bicyclic) bond motifs is 18. The smallest absolute Gasteiger partial charge is 0.340 e. The molecule has 9 aromatic carbocycles. The van der Waals surface area contributed by atoms with Gasteiger partial charge in [0.25, 0.3) is 0 Å². The Balaban J connectivity index is 0.000000134. The topological polar surface area (TPSA) is 337 Å². The van der Waals surface area contributed by atoms with Crippen LogP contribution in [0.25, 0.3) is 0 Å². The monoisotopic (exact) mass is 1320 g/mol. The molecule has 0 unspecified atom stereocenters. The molecule has 6 aliphatic rings. The van der Waals surface area contributed by atoms with Gasteiger partial charge in [0, 0.05) is 50.1 Å². The first-order valence-electron chi connectivity index (χ1n) is 28.0. The minimum absolute atomic E-state index is 0. The fourth-order valence-electron chi connectivity index (χ4n) is 12.8. The van der Waals surface area contributed by atoms with Gasteiger partial charge < -0.3 is 67.6 Å². The molecule has 6 aliphatic heterocycles. The van der Waals surface area contributed by atoms with Gasteiger partial charge in [0.1, 0.15) is 34.5 Å². The highest BCUT2D eigenvalue weighted by molar-refractivity contribution is 7.51. The summed E-state index contributed by atoms with van der Waals surface area (Å²) in [5.41, 5.74) is 6.82. The van der Waals surface area contributed by atoms with Crippen LogP contribution in [0.4, 0.5) is 0 Å². The van der Waals surface area contributed by atoms with E-state index in [1.807, 2.05) is 74.5 Å². The Morgan fingerprint density at radius 3 is 0.761 bits per heavy atom. The van der Waals surface area contributed by atoms with Crippen LogP contribution in [-0.4, -0.2) is 57.1 Å². The molecule has 6 heterocycles. The third-order valence-electron chi connectivity index (χ3n) is 16.3. The standard InChI is InChI=1S/2C22H18O9P2.C22H16O3.CH4/c2*23-21-15-3-1-2-4-16(15)22(31-21)17-7-5-13(11-32(24,25)26)9-19(17)30-20-10-14(6-8-18(20)22)12-33(27,28)29;1-13-7-9-17-19(11-13)24-20-12-14(2)8-10-18(20)22(17)16-6-4-3-5-15(16)21(23)25-22;/h2*1-10H,11-12H2,(H2,24,25,26)(H2,27,28,29);3-12H,1-2H3;1H4. The number of ether oxygens (including phenoxy) is 6. The lowest BCUT2D eigenvalue weighted by molar-refractivity contribution is 0.0214.